The second-order valence-electron chi connectivity index (χ2n) is 4.10. The number of nitrogens with zero attached hydrogens (tertiary/aromatic N) is 4. The van der Waals surface area contributed by atoms with E-state index in [1.807, 2.05) is 6.07 Å². The molecule has 0 saturated carbocycles. The first-order valence-electron chi connectivity index (χ1n) is 5.67. The number of alkyl halides is 1. The number of hydrogen-bond acceptors (Lipinski definition) is 5. The average Bonchev–Trinajstić information content (AvgIpc) is 2.78. The van der Waals surface area contributed by atoms with Gasteiger partial charge in [-0.2, -0.15) is 10.4 Å². The molecule has 7 heteroatoms. The van der Waals surface area contributed by atoms with Crippen LogP contribution >= 0.6 is 0 Å². The van der Waals surface area contributed by atoms with E-state index >= 15 is 0 Å². The molecule has 1 atom stereocenters. The molecule has 6 nitrogen and oxygen atoms in total. The minimum atomic E-state index is -0.934. The molecule has 1 aliphatic heterocycles. The van der Waals surface area contributed by atoms with Crippen LogP contribution < -0.4 is 10.5 Å². The van der Waals surface area contributed by atoms with Crippen molar-refractivity contribution in [2.45, 2.75) is 19.1 Å². The first kappa shape index (κ1) is 12.5. The minimum Gasteiger partial charge on any atom is -0.394 e. The minimum absolute atomic E-state index is 0.0412. The zero-order chi connectivity index (χ0) is 13.1. The SMILES string of the molecule is N#Cc1c(N2CC[C@H](F)C2)cnn(CCO)c1=O. The predicted molar refractivity (Wildman–Crippen MR) is 62.0 cm³/mol. The van der Waals surface area contributed by atoms with Gasteiger partial charge in [0, 0.05) is 13.1 Å². The van der Waals surface area contributed by atoms with Crippen LogP contribution in [-0.2, 0) is 6.54 Å². The van der Waals surface area contributed by atoms with Crippen molar-refractivity contribution in [3.8, 4) is 6.07 Å². The number of halogens is 1. The number of nitriles is 1. The Labute approximate surface area is 103 Å². The zero-order valence-corrected chi connectivity index (χ0v) is 9.71. The van der Waals surface area contributed by atoms with E-state index in [0.717, 1.165) is 4.68 Å². The van der Waals surface area contributed by atoms with Gasteiger partial charge in [0.05, 0.1) is 25.0 Å². The standard InChI is InChI=1S/C11H13FN4O2/c12-8-1-2-15(7-8)10-6-14-16(3-4-17)11(18)9(10)5-13/h6,8,17H,1-4,7H2/t8-/m0/s1. The first-order chi connectivity index (χ1) is 8.67. The van der Waals surface area contributed by atoms with Crippen LogP contribution in [0.4, 0.5) is 10.1 Å². The van der Waals surface area contributed by atoms with E-state index in [0.29, 0.717) is 18.7 Å². The van der Waals surface area contributed by atoms with Crippen molar-refractivity contribution >= 4 is 5.69 Å². The van der Waals surface area contributed by atoms with Crippen LogP contribution in [0.25, 0.3) is 0 Å². The Morgan fingerprint density at radius 1 is 1.67 bits per heavy atom. The van der Waals surface area contributed by atoms with Gasteiger partial charge in [0.2, 0.25) is 0 Å². The Hall–Kier alpha value is -1.94. The van der Waals surface area contributed by atoms with Gasteiger partial charge in [0.15, 0.2) is 0 Å². The highest BCUT2D eigenvalue weighted by atomic mass is 19.1. The molecule has 1 N–H and O–H groups in total. The summed E-state index contributed by atoms with van der Waals surface area (Å²) in [5.74, 6) is 0. The topological polar surface area (TPSA) is 82.2 Å². The second-order valence-corrected chi connectivity index (χ2v) is 4.10. The number of hydrogen-bond donors (Lipinski definition) is 1. The summed E-state index contributed by atoms with van der Waals surface area (Å²) < 4.78 is 14.2. The van der Waals surface area contributed by atoms with E-state index in [2.05, 4.69) is 5.10 Å². The third kappa shape index (κ3) is 2.19. The summed E-state index contributed by atoms with van der Waals surface area (Å²) in [6.45, 7) is 0.466. The summed E-state index contributed by atoms with van der Waals surface area (Å²) >= 11 is 0. The lowest BCUT2D eigenvalue weighted by molar-refractivity contribution is 0.266. The maximum absolute atomic E-state index is 13.1. The summed E-state index contributed by atoms with van der Waals surface area (Å²) in [5.41, 5.74) is -0.226. The fourth-order valence-corrected chi connectivity index (χ4v) is 2.02. The highest BCUT2D eigenvalue weighted by Crippen LogP contribution is 2.22. The summed E-state index contributed by atoms with van der Waals surface area (Å²) in [5, 5.41) is 21.7. The van der Waals surface area contributed by atoms with E-state index in [9.17, 15) is 9.18 Å². The van der Waals surface area contributed by atoms with E-state index in [-0.39, 0.29) is 25.3 Å². The first-order valence-corrected chi connectivity index (χ1v) is 5.67. The highest BCUT2D eigenvalue weighted by Gasteiger charge is 2.25. The van der Waals surface area contributed by atoms with Gasteiger partial charge in [0.1, 0.15) is 17.8 Å². The van der Waals surface area contributed by atoms with Gasteiger partial charge in [-0.05, 0) is 6.42 Å². The highest BCUT2D eigenvalue weighted by molar-refractivity contribution is 5.57. The predicted octanol–water partition coefficient (Wildman–Crippen LogP) is -0.345. The number of anilines is 1. The summed E-state index contributed by atoms with van der Waals surface area (Å²) in [7, 11) is 0. The van der Waals surface area contributed by atoms with Crippen LogP contribution in [0.15, 0.2) is 11.0 Å². The molecule has 0 unspecified atom stereocenters. The number of aliphatic hydroxyl groups is 1. The smallest absolute Gasteiger partial charge is 0.286 e. The molecule has 0 radical (unpaired) electrons. The Morgan fingerprint density at radius 3 is 3.00 bits per heavy atom. The molecule has 0 aliphatic carbocycles. The lowest BCUT2D eigenvalue weighted by atomic mass is 10.2. The molecule has 0 bridgehead atoms. The molecule has 18 heavy (non-hydrogen) atoms. The van der Waals surface area contributed by atoms with Crippen LogP contribution in [0.3, 0.4) is 0 Å². The lowest BCUT2D eigenvalue weighted by Crippen LogP contribution is -2.31. The van der Waals surface area contributed by atoms with Gasteiger partial charge in [0.25, 0.3) is 5.56 Å². The third-order valence-corrected chi connectivity index (χ3v) is 2.92. The Kier molecular flexibility index (Phi) is 3.58. The molecule has 2 rings (SSSR count). The lowest BCUT2D eigenvalue weighted by Gasteiger charge is -2.18. The van der Waals surface area contributed by atoms with Crippen molar-refractivity contribution in [3.05, 3.63) is 22.1 Å². The zero-order valence-electron chi connectivity index (χ0n) is 9.71. The van der Waals surface area contributed by atoms with Gasteiger partial charge in [-0.3, -0.25) is 4.79 Å². The van der Waals surface area contributed by atoms with Crippen LogP contribution in [0, 0.1) is 11.3 Å². The summed E-state index contributed by atoms with van der Waals surface area (Å²) in [4.78, 5) is 13.5. The molecule has 96 valence electrons. The number of aliphatic hydroxyl groups excluding tert-OH is 1. The van der Waals surface area contributed by atoms with E-state index in [4.69, 9.17) is 10.4 Å². The second kappa shape index (κ2) is 5.14. The van der Waals surface area contributed by atoms with Gasteiger partial charge in [-0.25, -0.2) is 9.07 Å². The largest absolute Gasteiger partial charge is 0.394 e. The molecule has 2 heterocycles. The quantitative estimate of drug-likeness (QED) is 0.795. The molecular formula is C11H13FN4O2. The van der Waals surface area contributed by atoms with E-state index in [1.165, 1.54) is 6.20 Å². The molecule has 0 aromatic carbocycles. The van der Waals surface area contributed by atoms with E-state index in [1.54, 1.807) is 4.90 Å². The molecule has 0 spiro atoms. The third-order valence-electron chi connectivity index (χ3n) is 2.92. The molecule has 1 aromatic rings. The van der Waals surface area contributed by atoms with Gasteiger partial charge < -0.3 is 10.0 Å². The fourth-order valence-electron chi connectivity index (χ4n) is 2.02. The van der Waals surface area contributed by atoms with Crippen LogP contribution in [0.1, 0.15) is 12.0 Å². The van der Waals surface area contributed by atoms with Crippen molar-refractivity contribution in [2.75, 3.05) is 24.6 Å². The van der Waals surface area contributed by atoms with Crippen LogP contribution in [-0.4, -0.2) is 40.8 Å². The normalized spacial score (nSPS) is 18.9. The molecule has 1 aromatic heterocycles. The molecular weight excluding hydrogens is 239 g/mol. The van der Waals surface area contributed by atoms with E-state index < -0.39 is 11.7 Å². The maximum atomic E-state index is 13.1. The van der Waals surface area contributed by atoms with Crippen molar-refractivity contribution < 1.29 is 9.50 Å². The van der Waals surface area contributed by atoms with Gasteiger partial charge in [-0.1, -0.05) is 0 Å². The van der Waals surface area contributed by atoms with Crippen molar-refractivity contribution in [2.24, 2.45) is 0 Å². The molecule has 1 aliphatic rings. The van der Waals surface area contributed by atoms with Gasteiger partial charge >= 0.3 is 0 Å². The van der Waals surface area contributed by atoms with Crippen LogP contribution in [0.5, 0.6) is 0 Å². The Bertz CT molecular complexity index is 537. The summed E-state index contributed by atoms with van der Waals surface area (Å²) in [6, 6.07) is 1.84. The van der Waals surface area contributed by atoms with Crippen molar-refractivity contribution in [1.29, 1.82) is 5.26 Å². The maximum Gasteiger partial charge on any atom is 0.286 e. The fraction of sp³-hybridized carbons (Fsp3) is 0.545. The number of rotatable bonds is 3. The number of aromatic nitrogens is 2. The molecule has 1 saturated heterocycles. The van der Waals surface area contributed by atoms with Crippen molar-refractivity contribution in [1.82, 2.24) is 9.78 Å². The van der Waals surface area contributed by atoms with Crippen molar-refractivity contribution in [3.63, 3.8) is 0 Å². The Balaban J connectivity index is 2.41. The molecule has 0 amide bonds. The monoisotopic (exact) mass is 252 g/mol. The average molecular weight is 252 g/mol. The summed E-state index contributed by atoms with van der Waals surface area (Å²) in [6.07, 6.45) is 0.842. The van der Waals surface area contributed by atoms with Crippen LogP contribution in [0.2, 0.25) is 0 Å². The molecule has 1 fully saturated rings. The Morgan fingerprint density at radius 2 is 2.44 bits per heavy atom. The van der Waals surface area contributed by atoms with Gasteiger partial charge in [-0.15, -0.1) is 0 Å².